The molecule has 1 N–H and O–H groups in total. The normalized spacial score (nSPS) is 26.4. The molecule has 14 heavy (non-hydrogen) atoms. The monoisotopic (exact) mass is 214 g/mol. The molecule has 1 aromatic rings. The van der Waals surface area contributed by atoms with Crippen LogP contribution in [0, 0.1) is 5.82 Å². The third kappa shape index (κ3) is 1.98. The molecule has 1 aliphatic rings. The van der Waals surface area contributed by atoms with Crippen molar-refractivity contribution < 1.29 is 4.39 Å². The molecule has 76 valence electrons. The molecule has 0 saturated heterocycles. The molecule has 0 aliphatic heterocycles. The molecule has 1 aliphatic carbocycles. The van der Waals surface area contributed by atoms with Crippen molar-refractivity contribution in [3.8, 4) is 0 Å². The Balaban J connectivity index is 2.07. The summed E-state index contributed by atoms with van der Waals surface area (Å²) in [4.78, 5) is 3.69. The van der Waals surface area contributed by atoms with Crippen LogP contribution in [0.1, 0.15) is 19.3 Å². The summed E-state index contributed by atoms with van der Waals surface area (Å²) in [5.41, 5.74) is 0.498. The first-order chi connectivity index (χ1) is 6.77. The van der Waals surface area contributed by atoms with Gasteiger partial charge in [0.2, 0.25) is 0 Å². The first-order valence-corrected chi connectivity index (χ1v) is 5.21. The maximum atomic E-state index is 13.2. The van der Waals surface area contributed by atoms with Crippen LogP contribution in [0.25, 0.3) is 0 Å². The third-order valence-electron chi connectivity index (χ3n) is 2.54. The summed E-state index contributed by atoms with van der Waals surface area (Å²) in [6.45, 7) is 0. The maximum absolute atomic E-state index is 13.2. The van der Waals surface area contributed by atoms with Gasteiger partial charge in [-0.1, -0.05) is 0 Å². The molecular formula is C10H12ClFN2. The highest BCUT2D eigenvalue weighted by Crippen LogP contribution is 2.27. The Morgan fingerprint density at radius 1 is 1.50 bits per heavy atom. The van der Waals surface area contributed by atoms with Crippen molar-refractivity contribution in [1.29, 1.82) is 0 Å². The molecule has 0 radical (unpaired) electrons. The molecule has 1 heterocycles. The zero-order valence-electron chi connectivity index (χ0n) is 7.71. The number of rotatable bonds is 2. The van der Waals surface area contributed by atoms with Gasteiger partial charge in [-0.25, -0.2) is 4.39 Å². The lowest BCUT2D eigenvalue weighted by molar-refractivity contribution is 0.618. The van der Waals surface area contributed by atoms with E-state index >= 15 is 0 Å². The fourth-order valence-electron chi connectivity index (χ4n) is 1.77. The molecular weight excluding hydrogens is 203 g/mol. The van der Waals surface area contributed by atoms with Crippen molar-refractivity contribution in [2.45, 2.75) is 30.7 Å². The lowest BCUT2D eigenvalue weighted by atomic mass is 10.2. The Morgan fingerprint density at radius 3 is 3.00 bits per heavy atom. The highest BCUT2D eigenvalue weighted by atomic mass is 35.5. The quantitative estimate of drug-likeness (QED) is 0.766. The first kappa shape index (κ1) is 9.71. The van der Waals surface area contributed by atoms with Gasteiger partial charge in [0.15, 0.2) is 5.82 Å². The van der Waals surface area contributed by atoms with Gasteiger partial charge in [-0.2, -0.15) is 0 Å². The number of anilines is 1. The van der Waals surface area contributed by atoms with Gasteiger partial charge in [-0.3, -0.25) is 4.98 Å². The average molecular weight is 215 g/mol. The van der Waals surface area contributed by atoms with Gasteiger partial charge in [0, 0.05) is 12.2 Å². The van der Waals surface area contributed by atoms with E-state index < -0.39 is 0 Å². The van der Waals surface area contributed by atoms with Gasteiger partial charge in [0.25, 0.3) is 0 Å². The number of nitrogens with one attached hydrogen (secondary N) is 1. The van der Waals surface area contributed by atoms with Crippen LogP contribution >= 0.6 is 11.6 Å². The van der Waals surface area contributed by atoms with E-state index in [1.807, 2.05) is 0 Å². The minimum Gasteiger partial charge on any atom is -0.378 e. The highest BCUT2D eigenvalue weighted by Gasteiger charge is 2.25. The molecule has 1 fully saturated rings. The summed E-state index contributed by atoms with van der Waals surface area (Å²) in [5, 5.41) is 3.23. The topological polar surface area (TPSA) is 24.9 Å². The van der Waals surface area contributed by atoms with Crippen molar-refractivity contribution in [2.24, 2.45) is 0 Å². The molecule has 2 nitrogen and oxygen atoms in total. The maximum Gasteiger partial charge on any atom is 0.164 e. The van der Waals surface area contributed by atoms with E-state index in [1.165, 1.54) is 6.20 Å². The molecule has 4 heteroatoms. The van der Waals surface area contributed by atoms with Gasteiger partial charge < -0.3 is 5.32 Å². The highest BCUT2D eigenvalue weighted by molar-refractivity contribution is 6.21. The van der Waals surface area contributed by atoms with E-state index in [0.717, 1.165) is 19.3 Å². The van der Waals surface area contributed by atoms with Crippen LogP contribution in [0.15, 0.2) is 18.5 Å². The van der Waals surface area contributed by atoms with E-state index in [-0.39, 0.29) is 17.2 Å². The van der Waals surface area contributed by atoms with Crippen molar-refractivity contribution in [2.75, 3.05) is 5.32 Å². The second kappa shape index (κ2) is 4.13. The number of nitrogens with zero attached hydrogens (tertiary/aromatic N) is 1. The minimum atomic E-state index is -0.316. The lowest BCUT2D eigenvalue weighted by Gasteiger charge is -2.17. The van der Waals surface area contributed by atoms with Crippen molar-refractivity contribution >= 4 is 17.3 Å². The van der Waals surface area contributed by atoms with Crippen LogP contribution in [0.2, 0.25) is 0 Å². The Labute approximate surface area is 87.5 Å². The smallest absolute Gasteiger partial charge is 0.164 e. The number of hydrogen-bond acceptors (Lipinski definition) is 2. The number of hydrogen-bond donors (Lipinski definition) is 1. The van der Waals surface area contributed by atoms with Crippen LogP contribution in [0.3, 0.4) is 0 Å². The van der Waals surface area contributed by atoms with Gasteiger partial charge in [0.05, 0.1) is 17.3 Å². The predicted octanol–water partition coefficient (Wildman–Crippen LogP) is 2.79. The standard InChI is InChI=1S/C10H12ClFN2/c11-7-2-1-3-9(7)14-10-4-5-13-6-8(10)12/h4-7,9H,1-3H2,(H,13,14). The summed E-state index contributed by atoms with van der Waals surface area (Å²) >= 11 is 6.08. The molecule has 2 rings (SSSR count). The van der Waals surface area contributed by atoms with Crippen molar-refractivity contribution in [1.82, 2.24) is 4.98 Å². The molecule has 2 unspecified atom stereocenters. The number of alkyl halides is 1. The SMILES string of the molecule is Fc1cnccc1NC1CCCC1Cl. The fourth-order valence-corrected chi connectivity index (χ4v) is 2.11. The molecule has 0 bridgehead atoms. The van der Waals surface area contributed by atoms with E-state index in [9.17, 15) is 4.39 Å². The first-order valence-electron chi connectivity index (χ1n) is 4.77. The predicted molar refractivity (Wildman–Crippen MR) is 55.1 cm³/mol. The molecule has 1 aromatic heterocycles. The lowest BCUT2D eigenvalue weighted by Crippen LogP contribution is -2.24. The van der Waals surface area contributed by atoms with E-state index in [1.54, 1.807) is 12.3 Å². The summed E-state index contributed by atoms with van der Waals surface area (Å²) in [5.74, 6) is -0.316. The summed E-state index contributed by atoms with van der Waals surface area (Å²) in [6.07, 6.45) is 5.91. The van der Waals surface area contributed by atoms with Gasteiger partial charge >= 0.3 is 0 Å². The molecule has 0 spiro atoms. The Hall–Kier alpha value is -0.830. The summed E-state index contributed by atoms with van der Waals surface area (Å²) in [6, 6.07) is 1.82. The van der Waals surface area contributed by atoms with E-state index in [2.05, 4.69) is 10.3 Å². The Kier molecular flexibility index (Phi) is 2.87. The van der Waals surface area contributed by atoms with E-state index in [0.29, 0.717) is 5.69 Å². The van der Waals surface area contributed by atoms with Crippen LogP contribution in [-0.2, 0) is 0 Å². The average Bonchev–Trinajstić information content (AvgIpc) is 2.56. The van der Waals surface area contributed by atoms with Crippen molar-refractivity contribution in [3.05, 3.63) is 24.3 Å². The van der Waals surface area contributed by atoms with Crippen LogP contribution in [0.4, 0.5) is 10.1 Å². The zero-order chi connectivity index (χ0) is 9.97. The second-order valence-electron chi connectivity index (χ2n) is 3.55. The molecule has 1 saturated carbocycles. The Bertz CT molecular complexity index is 319. The van der Waals surface area contributed by atoms with Crippen LogP contribution < -0.4 is 5.32 Å². The van der Waals surface area contributed by atoms with Gasteiger partial charge in [-0.15, -0.1) is 11.6 Å². The van der Waals surface area contributed by atoms with Crippen LogP contribution in [-0.4, -0.2) is 16.4 Å². The largest absolute Gasteiger partial charge is 0.378 e. The number of pyridine rings is 1. The van der Waals surface area contributed by atoms with E-state index in [4.69, 9.17) is 11.6 Å². The number of halogens is 2. The fraction of sp³-hybridized carbons (Fsp3) is 0.500. The van der Waals surface area contributed by atoms with Crippen molar-refractivity contribution in [3.63, 3.8) is 0 Å². The number of aromatic nitrogens is 1. The Morgan fingerprint density at radius 2 is 2.36 bits per heavy atom. The summed E-state index contributed by atoms with van der Waals surface area (Å²) in [7, 11) is 0. The van der Waals surface area contributed by atoms with Gasteiger partial charge in [0.1, 0.15) is 0 Å². The zero-order valence-corrected chi connectivity index (χ0v) is 8.47. The molecule has 2 atom stereocenters. The minimum absolute atomic E-state index is 0.113. The molecule has 0 aromatic carbocycles. The van der Waals surface area contributed by atoms with Gasteiger partial charge in [-0.05, 0) is 25.3 Å². The third-order valence-corrected chi connectivity index (χ3v) is 3.07. The van der Waals surface area contributed by atoms with Crippen LogP contribution in [0.5, 0.6) is 0 Å². The second-order valence-corrected chi connectivity index (χ2v) is 4.11. The summed E-state index contributed by atoms with van der Waals surface area (Å²) < 4.78 is 13.2. The molecule has 0 amide bonds.